The number of aromatic hydroxyl groups is 1. The number of hydrogen-bond donors (Lipinski definition) is 2. The van der Waals surface area contributed by atoms with Crippen LogP contribution in [-0.2, 0) is 5.75 Å². The second kappa shape index (κ2) is 9.04. The molecular formula is C23H15N5O4S2. The molecule has 0 unspecified atom stereocenters. The summed E-state index contributed by atoms with van der Waals surface area (Å²) in [6.45, 7) is 0. The Morgan fingerprint density at radius 2 is 1.94 bits per heavy atom. The zero-order chi connectivity index (χ0) is 23.7. The number of non-ortho nitro benzene ring substituents is 1. The first kappa shape index (κ1) is 21.7. The molecule has 5 aromatic rings. The molecule has 2 N–H and O–H groups in total. The van der Waals surface area contributed by atoms with E-state index in [0.717, 1.165) is 20.1 Å². The van der Waals surface area contributed by atoms with Gasteiger partial charge in [-0.15, -0.1) is 21.6 Å². The normalized spacial score (nSPS) is 11.5. The van der Waals surface area contributed by atoms with Crippen LogP contribution in [0.15, 0.2) is 81.3 Å². The number of azo groups is 1. The minimum atomic E-state index is -0.593. The molecule has 0 atom stereocenters. The molecule has 0 spiro atoms. The van der Waals surface area contributed by atoms with Crippen LogP contribution >= 0.6 is 23.1 Å². The molecule has 3 aromatic carbocycles. The SMILES string of the molecule is O=C(N=Nc1c(O)[nH]c2ccc([N+](=O)[O-])cc12)c1ccc(CSc2nc3ccccc3s2)cc1. The fourth-order valence-corrected chi connectivity index (χ4v) is 5.35. The fourth-order valence-electron chi connectivity index (χ4n) is 3.32. The highest BCUT2D eigenvalue weighted by atomic mass is 32.2. The maximum absolute atomic E-state index is 12.5. The van der Waals surface area contributed by atoms with Gasteiger partial charge in [0, 0.05) is 28.8 Å². The van der Waals surface area contributed by atoms with E-state index in [1.54, 1.807) is 35.2 Å². The number of aromatic nitrogens is 2. The van der Waals surface area contributed by atoms with Crippen LogP contribution in [0.3, 0.4) is 0 Å². The molecule has 168 valence electrons. The summed E-state index contributed by atoms with van der Waals surface area (Å²) < 4.78 is 2.13. The van der Waals surface area contributed by atoms with E-state index < -0.39 is 10.8 Å². The first-order valence-corrected chi connectivity index (χ1v) is 11.8. The summed E-state index contributed by atoms with van der Waals surface area (Å²) in [5.41, 5.74) is 2.60. The molecule has 11 heteroatoms. The first-order chi connectivity index (χ1) is 16.5. The number of amides is 1. The molecule has 9 nitrogen and oxygen atoms in total. The number of nitro groups is 1. The largest absolute Gasteiger partial charge is 0.493 e. The van der Waals surface area contributed by atoms with Gasteiger partial charge >= 0.3 is 0 Å². The number of fused-ring (bicyclic) bond motifs is 2. The lowest BCUT2D eigenvalue weighted by molar-refractivity contribution is -0.384. The second-order valence-corrected chi connectivity index (χ2v) is 9.50. The van der Waals surface area contributed by atoms with Gasteiger partial charge in [-0.25, -0.2) is 4.98 Å². The number of nitrogens with zero attached hydrogens (tertiary/aromatic N) is 4. The highest BCUT2D eigenvalue weighted by molar-refractivity contribution is 8.00. The van der Waals surface area contributed by atoms with Crippen molar-refractivity contribution in [1.82, 2.24) is 9.97 Å². The van der Waals surface area contributed by atoms with E-state index in [1.807, 2.05) is 36.4 Å². The third-order valence-electron chi connectivity index (χ3n) is 5.02. The minimum absolute atomic E-state index is 0.0316. The molecule has 0 fully saturated rings. The van der Waals surface area contributed by atoms with Gasteiger partial charge in [0.1, 0.15) is 0 Å². The number of rotatable bonds is 6. The Kier molecular flexibility index (Phi) is 5.78. The third-order valence-corrected chi connectivity index (χ3v) is 7.28. The molecular weight excluding hydrogens is 474 g/mol. The van der Waals surface area contributed by atoms with Gasteiger partial charge in [-0.1, -0.05) is 36.0 Å². The molecule has 0 bridgehead atoms. The summed E-state index contributed by atoms with van der Waals surface area (Å²) in [6, 6.07) is 19.0. The van der Waals surface area contributed by atoms with Crippen molar-refractivity contribution >= 4 is 61.5 Å². The lowest BCUT2D eigenvalue weighted by Gasteiger charge is -2.00. The van der Waals surface area contributed by atoms with E-state index in [4.69, 9.17) is 0 Å². The lowest BCUT2D eigenvalue weighted by Crippen LogP contribution is -1.94. The Balaban J connectivity index is 1.28. The number of H-pyrrole nitrogens is 1. The van der Waals surface area contributed by atoms with E-state index in [-0.39, 0.29) is 17.3 Å². The maximum atomic E-state index is 12.5. The van der Waals surface area contributed by atoms with Crippen LogP contribution in [0.5, 0.6) is 5.88 Å². The maximum Gasteiger partial charge on any atom is 0.295 e. The quantitative estimate of drug-likeness (QED) is 0.119. The predicted octanol–water partition coefficient (Wildman–Crippen LogP) is 6.61. The molecule has 1 amide bonds. The summed E-state index contributed by atoms with van der Waals surface area (Å²) >= 11 is 3.27. The van der Waals surface area contributed by atoms with Crippen molar-refractivity contribution in [3.8, 4) is 5.88 Å². The number of carbonyl (C=O) groups is 1. The van der Waals surface area contributed by atoms with Crippen molar-refractivity contribution in [2.45, 2.75) is 10.1 Å². The Morgan fingerprint density at radius 3 is 2.71 bits per heavy atom. The van der Waals surface area contributed by atoms with Gasteiger partial charge in [-0.05, 0) is 35.9 Å². The Bertz CT molecular complexity index is 1540. The number of nitrogens with one attached hydrogen (secondary N) is 1. The van der Waals surface area contributed by atoms with E-state index in [9.17, 15) is 20.0 Å². The van der Waals surface area contributed by atoms with Gasteiger partial charge in [0.15, 0.2) is 10.0 Å². The molecule has 0 aliphatic heterocycles. The van der Waals surface area contributed by atoms with Crippen LogP contribution in [0.25, 0.3) is 21.1 Å². The van der Waals surface area contributed by atoms with Gasteiger partial charge in [0.05, 0.1) is 20.7 Å². The van der Waals surface area contributed by atoms with E-state index in [1.165, 1.54) is 18.2 Å². The van der Waals surface area contributed by atoms with E-state index >= 15 is 0 Å². The van der Waals surface area contributed by atoms with Crippen LogP contribution in [0, 0.1) is 10.1 Å². The Labute approximate surface area is 200 Å². The number of carbonyl (C=O) groups excluding carboxylic acids is 1. The molecule has 0 saturated carbocycles. The standard InChI is InChI=1S/C23H15N5O4S2/c29-21(27-26-20-16-11-15(28(31)32)9-10-17(16)24-22(20)30)14-7-5-13(6-8-14)12-33-23-25-18-3-1-2-4-19(18)34-23/h1-11,24,30H,12H2. The highest BCUT2D eigenvalue weighted by Gasteiger charge is 2.15. The van der Waals surface area contributed by atoms with Crippen molar-refractivity contribution < 1.29 is 14.8 Å². The van der Waals surface area contributed by atoms with Gasteiger partial charge in [-0.2, -0.15) is 0 Å². The highest BCUT2D eigenvalue weighted by Crippen LogP contribution is 2.37. The second-order valence-electron chi connectivity index (χ2n) is 7.25. The fraction of sp³-hybridized carbons (Fsp3) is 0.0435. The third kappa shape index (κ3) is 4.38. The van der Waals surface area contributed by atoms with Crippen LogP contribution < -0.4 is 0 Å². The minimum Gasteiger partial charge on any atom is -0.493 e. The summed E-state index contributed by atoms with van der Waals surface area (Å²) in [6.07, 6.45) is 0. The number of para-hydroxylation sites is 1. The Morgan fingerprint density at radius 1 is 1.15 bits per heavy atom. The molecule has 2 aromatic heterocycles. The van der Waals surface area contributed by atoms with E-state index in [0.29, 0.717) is 22.2 Å². The van der Waals surface area contributed by atoms with Gasteiger partial charge in [-0.3, -0.25) is 14.9 Å². The molecule has 0 aliphatic carbocycles. The number of thioether (sulfide) groups is 1. The Hall–Kier alpha value is -4.09. The van der Waals surface area contributed by atoms with Crippen molar-refractivity contribution in [1.29, 1.82) is 0 Å². The number of aromatic amines is 1. The van der Waals surface area contributed by atoms with Crippen LogP contribution in [-0.4, -0.2) is 25.9 Å². The average Bonchev–Trinajstić information content (AvgIpc) is 3.40. The summed E-state index contributed by atoms with van der Waals surface area (Å²) in [5, 5.41) is 29.0. The first-order valence-electron chi connectivity index (χ1n) is 10.0. The topological polar surface area (TPSA) is 134 Å². The predicted molar refractivity (Wildman–Crippen MR) is 131 cm³/mol. The molecule has 0 saturated heterocycles. The molecule has 5 rings (SSSR count). The summed E-state index contributed by atoms with van der Waals surface area (Å²) in [7, 11) is 0. The molecule has 0 aliphatic rings. The molecule has 0 radical (unpaired) electrons. The summed E-state index contributed by atoms with van der Waals surface area (Å²) in [4.78, 5) is 30.2. The molecule has 34 heavy (non-hydrogen) atoms. The zero-order valence-corrected chi connectivity index (χ0v) is 19.0. The van der Waals surface area contributed by atoms with Gasteiger partial charge < -0.3 is 10.1 Å². The van der Waals surface area contributed by atoms with Crippen molar-refractivity contribution in [2.24, 2.45) is 10.2 Å². The monoisotopic (exact) mass is 489 g/mol. The van der Waals surface area contributed by atoms with Gasteiger partial charge in [0.2, 0.25) is 5.88 Å². The zero-order valence-electron chi connectivity index (χ0n) is 17.3. The van der Waals surface area contributed by atoms with Crippen LogP contribution in [0.4, 0.5) is 11.4 Å². The van der Waals surface area contributed by atoms with Gasteiger partial charge in [0.25, 0.3) is 11.6 Å². The van der Waals surface area contributed by atoms with Crippen molar-refractivity contribution in [3.05, 3.63) is 88.0 Å². The number of thiazole rings is 1. The number of benzene rings is 3. The van der Waals surface area contributed by atoms with Crippen molar-refractivity contribution in [3.63, 3.8) is 0 Å². The average molecular weight is 490 g/mol. The van der Waals surface area contributed by atoms with Crippen molar-refractivity contribution in [2.75, 3.05) is 0 Å². The smallest absolute Gasteiger partial charge is 0.295 e. The number of hydrogen-bond acceptors (Lipinski definition) is 8. The van der Waals surface area contributed by atoms with Crippen LogP contribution in [0.1, 0.15) is 15.9 Å². The van der Waals surface area contributed by atoms with E-state index in [2.05, 4.69) is 20.2 Å². The summed E-state index contributed by atoms with van der Waals surface area (Å²) in [5.74, 6) is -0.212. The molecule has 2 heterocycles. The van der Waals surface area contributed by atoms with Crippen LogP contribution in [0.2, 0.25) is 0 Å². The number of nitro benzene ring substituents is 1. The lowest BCUT2D eigenvalue weighted by atomic mass is 10.1.